The van der Waals surface area contributed by atoms with E-state index in [9.17, 15) is 4.79 Å². The Hall–Kier alpha value is -1.59. The minimum Gasteiger partial charge on any atom is -0.408 e. The molecule has 5 heteroatoms. The molecule has 0 aliphatic carbocycles. The van der Waals surface area contributed by atoms with Gasteiger partial charge in [0.05, 0.1) is 12.1 Å². The molecule has 68 valence electrons. The summed E-state index contributed by atoms with van der Waals surface area (Å²) in [5.41, 5.74) is 2.07. The third-order valence-electron chi connectivity index (χ3n) is 1.73. The standard InChI is InChI=1S/C8H8N2O3/c9-12-4-5-1-2-7-6(3-5)10-8(11)13-7/h1-3H,4,9H2,(H,10,11). The average molecular weight is 180 g/mol. The van der Waals surface area contributed by atoms with Gasteiger partial charge in [0.1, 0.15) is 0 Å². The number of H-pyrrole nitrogens is 1. The summed E-state index contributed by atoms with van der Waals surface area (Å²) in [6.45, 7) is 0.309. The first kappa shape index (κ1) is 8.03. The van der Waals surface area contributed by atoms with Crippen LogP contribution in [0.5, 0.6) is 0 Å². The Balaban J connectivity index is 2.54. The van der Waals surface area contributed by atoms with E-state index in [1.54, 1.807) is 18.2 Å². The van der Waals surface area contributed by atoms with E-state index >= 15 is 0 Å². The second kappa shape index (κ2) is 3.04. The van der Waals surface area contributed by atoms with Gasteiger partial charge in [-0.05, 0) is 17.7 Å². The largest absolute Gasteiger partial charge is 0.417 e. The smallest absolute Gasteiger partial charge is 0.408 e. The normalized spacial score (nSPS) is 10.8. The molecule has 0 bridgehead atoms. The van der Waals surface area contributed by atoms with E-state index in [4.69, 9.17) is 10.3 Å². The number of nitrogens with two attached hydrogens (primary N) is 1. The van der Waals surface area contributed by atoms with Crippen LogP contribution in [0.25, 0.3) is 11.1 Å². The summed E-state index contributed by atoms with van der Waals surface area (Å²) in [5, 5.41) is 0. The zero-order chi connectivity index (χ0) is 9.26. The Morgan fingerprint density at radius 2 is 2.38 bits per heavy atom. The van der Waals surface area contributed by atoms with Crippen LogP contribution in [0.4, 0.5) is 0 Å². The zero-order valence-corrected chi connectivity index (χ0v) is 6.74. The van der Waals surface area contributed by atoms with Gasteiger partial charge < -0.3 is 4.42 Å². The summed E-state index contributed by atoms with van der Waals surface area (Å²) >= 11 is 0. The highest BCUT2D eigenvalue weighted by Gasteiger charge is 2.01. The predicted molar refractivity (Wildman–Crippen MR) is 45.8 cm³/mol. The molecule has 2 rings (SSSR count). The lowest BCUT2D eigenvalue weighted by molar-refractivity contribution is 0.124. The number of aromatic nitrogens is 1. The summed E-state index contributed by atoms with van der Waals surface area (Å²) in [6, 6.07) is 5.24. The Kier molecular flexibility index (Phi) is 1.88. The predicted octanol–water partition coefficient (Wildman–Crippen LogP) is 0.511. The third kappa shape index (κ3) is 1.47. The van der Waals surface area contributed by atoms with E-state index in [0.29, 0.717) is 17.7 Å². The van der Waals surface area contributed by atoms with Crippen molar-refractivity contribution in [2.75, 3.05) is 0 Å². The number of oxazole rings is 1. The van der Waals surface area contributed by atoms with Gasteiger partial charge in [-0.15, -0.1) is 0 Å². The van der Waals surface area contributed by atoms with E-state index < -0.39 is 5.76 Å². The molecule has 0 saturated heterocycles. The lowest BCUT2D eigenvalue weighted by atomic mass is 10.2. The number of rotatable bonds is 2. The van der Waals surface area contributed by atoms with Gasteiger partial charge in [0.2, 0.25) is 0 Å². The number of aromatic amines is 1. The van der Waals surface area contributed by atoms with Crippen molar-refractivity contribution in [1.29, 1.82) is 0 Å². The van der Waals surface area contributed by atoms with Crippen LogP contribution >= 0.6 is 0 Å². The van der Waals surface area contributed by atoms with Crippen molar-refractivity contribution in [2.24, 2.45) is 5.90 Å². The molecule has 0 fully saturated rings. The van der Waals surface area contributed by atoms with Gasteiger partial charge in [-0.2, -0.15) is 0 Å². The Morgan fingerprint density at radius 1 is 1.54 bits per heavy atom. The molecule has 0 aliphatic heterocycles. The van der Waals surface area contributed by atoms with Crippen molar-refractivity contribution < 1.29 is 9.25 Å². The quantitative estimate of drug-likeness (QED) is 0.660. The number of nitrogens with one attached hydrogen (secondary N) is 1. The number of hydrogen-bond donors (Lipinski definition) is 2. The monoisotopic (exact) mass is 180 g/mol. The maximum atomic E-state index is 10.8. The highest BCUT2D eigenvalue weighted by atomic mass is 16.6. The fourth-order valence-electron chi connectivity index (χ4n) is 1.19. The molecule has 0 amide bonds. The second-order valence-electron chi connectivity index (χ2n) is 2.66. The highest BCUT2D eigenvalue weighted by Crippen LogP contribution is 2.12. The lowest BCUT2D eigenvalue weighted by Crippen LogP contribution is -1.98. The van der Waals surface area contributed by atoms with Crippen molar-refractivity contribution in [2.45, 2.75) is 6.61 Å². The zero-order valence-electron chi connectivity index (χ0n) is 6.74. The van der Waals surface area contributed by atoms with Gasteiger partial charge in [0, 0.05) is 0 Å². The van der Waals surface area contributed by atoms with E-state index in [1.165, 1.54) is 0 Å². The fraction of sp³-hybridized carbons (Fsp3) is 0.125. The first-order valence-corrected chi connectivity index (χ1v) is 3.73. The molecular weight excluding hydrogens is 172 g/mol. The van der Waals surface area contributed by atoms with Gasteiger partial charge in [-0.1, -0.05) is 6.07 Å². The van der Waals surface area contributed by atoms with Gasteiger partial charge >= 0.3 is 5.76 Å². The molecule has 1 aromatic heterocycles. The van der Waals surface area contributed by atoms with Crippen LogP contribution in [0, 0.1) is 0 Å². The van der Waals surface area contributed by atoms with E-state index in [-0.39, 0.29) is 0 Å². The minimum absolute atomic E-state index is 0.309. The van der Waals surface area contributed by atoms with Crippen molar-refractivity contribution in [3.05, 3.63) is 34.3 Å². The van der Waals surface area contributed by atoms with Crippen LogP contribution in [0.2, 0.25) is 0 Å². The second-order valence-corrected chi connectivity index (χ2v) is 2.66. The molecule has 0 saturated carbocycles. The van der Waals surface area contributed by atoms with Gasteiger partial charge in [-0.3, -0.25) is 9.82 Å². The van der Waals surface area contributed by atoms with Crippen LogP contribution in [0.15, 0.2) is 27.4 Å². The molecule has 0 radical (unpaired) electrons. The number of hydrogen-bond acceptors (Lipinski definition) is 4. The molecule has 1 heterocycles. The van der Waals surface area contributed by atoms with Crippen LogP contribution in [0.3, 0.4) is 0 Å². The van der Waals surface area contributed by atoms with Crippen LogP contribution < -0.4 is 11.7 Å². The van der Waals surface area contributed by atoms with Gasteiger partial charge in [-0.25, -0.2) is 10.7 Å². The summed E-state index contributed by atoms with van der Waals surface area (Å²) in [6.07, 6.45) is 0. The number of benzene rings is 1. The maximum Gasteiger partial charge on any atom is 0.417 e. The minimum atomic E-state index is -0.458. The molecule has 0 aliphatic rings. The van der Waals surface area contributed by atoms with Gasteiger partial charge in [0.15, 0.2) is 5.58 Å². The highest BCUT2D eigenvalue weighted by molar-refractivity contribution is 5.72. The Labute approximate surface area is 73.1 Å². The van der Waals surface area contributed by atoms with Crippen LogP contribution in [-0.4, -0.2) is 4.98 Å². The van der Waals surface area contributed by atoms with E-state index in [2.05, 4.69) is 9.82 Å². The molecule has 0 spiro atoms. The van der Waals surface area contributed by atoms with E-state index in [1.807, 2.05) is 0 Å². The lowest BCUT2D eigenvalue weighted by Gasteiger charge is -1.96. The molecule has 2 aromatic rings. The van der Waals surface area contributed by atoms with E-state index in [0.717, 1.165) is 5.56 Å². The molecule has 3 N–H and O–H groups in total. The van der Waals surface area contributed by atoms with Gasteiger partial charge in [0.25, 0.3) is 0 Å². The Morgan fingerprint density at radius 3 is 3.15 bits per heavy atom. The molecular formula is C8H8N2O3. The topological polar surface area (TPSA) is 81.2 Å². The molecule has 5 nitrogen and oxygen atoms in total. The maximum absolute atomic E-state index is 10.8. The summed E-state index contributed by atoms with van der Waals surface area (Å²) < 4.78 is 4.82. The van der Waals surface area contributed by atoms with Crippen molar-refractivity contribution >= 4 is 11.1 Å². The van der Waals surface area contributed by atoms with Crippen molar-refractivity contribution in [3.63, 3.8) is 0 Å². The molecule has 0 unspecified atom stereocenters. The average Bonchev–Trinajstić information content (AvgIpc) is 2.44. The fourth-order valence-corrected chi connectivity index (χ4v) is 1.19. The first-order chi connectivity index (χ1) is 6.29. The SMILES string of the molecule is NOCc1ccc2oc(=O)[nH]c2c1. The first-order valence-electron chi connectivity index (χ1n) is 3.73. The van der Waals surface area contributed by atoms with Crippen LogP contribution in [0.1, 0.15) is 5.56 Å². The van der Waals surface area contributed by atoms with Crippen molar-refractivity contribution in [1.82, 2.24) is 4.98 Å². The number of fused-ring (bicyclic) bond motifs is 1. The molecule has 1 aromatic carbocycles. The van der Waals surface area contributed by atoms with Crippen molar-refractivity contribution in [3.8, 4) is 0 Å². The Bertz CT molecular complexity index is 471. The van der Waals surface area contributed by atoms with Crippen LogP contribution in [-0.2, 0) is 11.4 Å². The molecule has 0 atom stereocenters. The summed E-state index contributed by atoms with van der Waals surface area (Å²) in [4.78, 5) is 17.8. The summed E-state index contributed by atoms with van der Waals surface area (Å²) in [5.74, 6) is 4.46. The third-order valence-corrected chi connectivity index (χ3v) is 1.73. The molecule has 13 heavy (non-hydrogen) atoms. The summed E-state index contributed by atoms with van der Waals surface area (Å²) in [7, 11) is 0.